The first kappa shape index (κ1) is 12.7. The normalized spacial score (nSPS) is 12.2. The van der Waals surface area contributed by atoms with Crippen molar-refractivity contribution in [3.63, 3.8) is 0 Å². The van der Waals surface area contributed by atoms with E-state index in [1.54, 1.807) is 7.11 Å². The molecule has 0 saturated heterocycles. The molecule has 0 fully saturated rings. The second-order valence-electron chi connectivity index (χ2n) is 4.87. The smallest absolute Gasteiger partial charge is 0.446 e. The van der Waals surface area contributed by atoms with Crippen molar-refractivity contribution in [2.75, 3.05) is 7.11 Å². The third kappa shape index (κ3) is 1.81. The van der Waals surface area contributed by atoms with Crippen molar-refractivity contribution in [3.8, 4) is 28.3 Å². The molecule has 1 aromatic heterocycles. The third-order valence-electron chi connectivity index (χ3n) is 3.64. The fourth-order valence-electron chi connectivity index (χ4n) is 2.61. The predicted octanol–water partition coefficient (Wildman–Crippen LogP) is 2.39. The monoisotopic (exact) mass is 296 g/mol. The van der Waals surface area contributed by atoms with Crippen molar-refractivity contribution in [2.45, 2.75) is 6.61 Å². The SMILES string of the molecule is COc1ccccc1-c1ccc2c(c1)-n1c(noc1=O)CO2. The molecule has 0 spiro atoms. The number of para-hydroxylation sites is 1. The average molecular weight is 296 g/mol. The first-order valence-electron chi connectivity index (χ1n) is 6.76. The molecule has 0 bridgehead atoms. The zero-order chi connectivity index (χ0) is 15.1. The zero-order valence-corrected chi connectivity index (χ0v) is 11.8. The minimum atomic E-state index is -0.517. The Labute approximate surface area is 125 Å². The van der Waals surface area contributed by atoms with Crippen LogP contribution in [0.5, 0.6) is 11.5 Å². The lowest BCUT2D eigenvalue weighted by Gasteiger charge is -2.18. The topological polar surface area (TPSA) is 66.5 Å². The molecule has 0 amide bonds. The van der Waals surface area contributed by atoms with E-state index in [0.29, 0.717) is 17.3 Å². The van der Waals surface area contributed by atoms with Gasteiger partial charge in [0, 0.05) is 5.56 Å². The van der Waals surface area contributed by atoms with E-state index in [2.05, 4.69) is 5.16 Å². The van der Waals surface area contributed by atoms with E-state index in [9.17, 15) is 4.79 Å². The van der Waals surface area contributed by atoms with E-state index >= 15 is 0 Å². The van der Waals surface area contributed by atoms with Crippen LogP contribution in [-0.2, 0) is 6.61 Å². The van der Waals surface area contributed by atoms with Gasteiger partial charge >= 0.3 is 5.76 Å². The quantitative estimate of drug-likeness (QED) is 0.726. The number of aromatic nitrogens is 2. The molecule has 1 aliphatic heterocycles. The van der Waals surface area contributed by atoms with Crippen LogP contribution in [0.4, 0.5) is 0 Å². The van der Waals surface area contributed by atoms with Crippen LogP contribution < -0.4 is 15.2 Å². The van der Waals surface area contributed by atoms with Crippen LogP contribution in [0.25, 0.3) is 16.8 Å². The standard InChI is InChI=1S/C16H12N2O4/c1-20-13-5-3-2-4-11(13)10-6-7-14-12(8-10)18-15(9-21-14)17-22-16(18)19/h2-8H,9H2,1H3. The van der Waals surface area contributed by atoms with Crippen molar-refractivity contribution < 1.29 is 14.0 Å². The van der Waals surface area contributed by atoms with Crippen LogP contribution >= 0.6 is 0 Å². The van der Waals surface area contributed by atoms with Crippen molar-refractivity contribution in [1.29, 1.82) is 0 Å². The molecule has 2 heterocycles. The summed E-state index contributed by atoms with van der Waals surface area (Å²) in [5, 5.41) is 3.72. The van der Waals surface area contributed by atoms with Gasteiger partial charge in [0.15, 0.2) is 12.4 Å². The Morgan fingerprint density at radius 2 is 2.09 bits per heavy atom. The van der Waals surface area contributed by atoms with Gasteiger partial charge in [-0.05, 0) is 23.8 Å². The van der Waals surface area contributed by atoms with Crippen LogP contribution in [0.15, 0.2) is 51.8 Å². The molecule has 6 nitrogen and oxygen atoms in total. The minimum absolute atomic E-state index is 0.215. The van der Waals surface area contributed by atoms with E-state index in [1.807, 2.05) is 42.5 Å². The van der Waals surface area contributed by atoms with E-state index in [4.69, 9.17) is 14.0 Å². The largest absolute Gasteiger partial charge is 0.496 e. The van der Waals surface area contributed by atoms with E-state index < -0.39 is 5.76 Å². The molecule has 0 atom stereocenters. The third-order valence-corrected chi connectivity index (χ3v) is 3.64. The van der Waals surface area contributed by atoms with Gasteiger partial charge in [0.05, 0.1) is 12.8 Å². The van der Waals surface area contributed by atoms with Crippen molar-refractivity contribution in [2.24, 2.45) is 0 Å². The number of hydrogen-bond donors (Lipinski definition) is 0. The Kier molecular flexibility index (Phi) is 2.75. The fraction of sp³-hybridized carbons (Fsp3) is 0.125. The highest BCUT2D eigenvalue weighted by Crippen LogP contribution is 2.35. The second-order valence-corrected chi connectivity index (χ2v) is 4.87. The fourth-order valence-corrected chi connectivity index (χ4v) is 2.61. The Bertz CT molecular complexity index is 911. The molecule has 4 rings (SSSR count). The minimum Gasteiger partial charge on any atom is -0.496 e. The summed E-state index contributed by atoms with van der Waals surface area (Å²) in [5.74, 6) is 1.32. The predicted molar refractivity (Wildman–Crippen MR) is 78.4 cm³/mol. The highest BCUT2D eigenvalue weighted by atomic mass is 16.5. The summed E-state index contributed by atoms with van der Waals surface area (Å²) in [6, 6.07) is 13.3. The molecule has 22 heavy (non-hydrogen) atoms. The van der Waals surface area contributed by atoms with Crippen LogP contribution in [0.1, 0.15) is 5.82 Å². The summed E-state index contributed by atoms with van der Waals surface area (Å²) in [6.07, 6.45) is 0. The molecular formula is C16H12N2O4. The lowest BCUT2D eigenvalue weighted by atomic mass is 10.0. The number of benzene rings is 2. The molecule has 3 aromatic rings. The Morgan fingerprint density at radius 1 is 1.23 bits per heavy atom. The first-order valence-corrected chi connectivity index (χ1v) is 6.76. The zero-order valence-electron chi connectivity index (χ0n) is 11.8. The van der Waals surface area contributed by atoms with E-state index in [0.717, 1.165) is 16.9 Å². The van der Waals surface area contributed by atoms with Crippen LogP contribution in [0.3, 0.4) is 0 Å². The highest BCUT2D eigenvalue weighted by molar-refractivity contribution is 5.74. The number of rotatable bonds is 2. The summed E-state index contributed by atoms with van der Waals surface area (Å²) in [6.45, 7) is 0.215. The number of fused-ring (bicyclic) bond motifs is 3. The molecule has 0 radical (unpaired) electrons. The van der Waals surface area contributed by atoms with Gasteiger partial charge in [-0.2, -0.15) is 0 Å². The molecule has 0 unspecified atom stereocenters. The maximum Gasteiger partial charge on any atom is 0.446 e. The van der Waals surface area contributed by atoms with Gasteiger partial charge in [0.25, 0.3) is 0 Å². The summed E-state index contributed by atoms with van der Waals surface area (Å²) in [7, 11) is 1.63. The number of hydrogen-bond acceptors (Lipinski definition) is 5. The van der Waals surface area contributed by atoms with Crippen LogP contribution in [-0.4, -0.2) is 16.8 Å². The molecule has 110 valence electrons. The molecular weight excluding hydrogens is 284 g/mol. The van der Waals surface area contributed by atoms with Crippen LogP contribution in [0, 0.1) is 0 Å². The van der Waals surface area contributed by atoms with Gasteiger partial charge in [0.1, 0.15) is 11.5 Å². The lowest BCUT2D eigenvalue weighted by Crippen LogP contribution is -2.21. The Morgan fingerprint density at radius 3 is 2.95 bits per heavy atom. The molecule has 0 saturated carbocycles. The molecule has 6 heteroatoms. The Balaban J connectivity index is 1.93. The van der Waals surface area contributed by atoms with Gasteiger partial charge in [-0.25, -0.2) is 9.36 Å². The number of methoxy groups -OCH3 is 1. The van der Waals surface area contributed by atoms with Gasteiger partial charge < -0.3 is 9.47 Å². The number of ether oxygens (including phenoxy) is 2. The lowest BCUT2D eigenvalue weighted by molar-refractivity contribution is 0.274. The highest BCUT2D eigenvalue weighted by Gasteiger charge is 2.23. The van der Waals surface area contributed by atoms with Gasteiger partial charge in [-0.1, -0.05) is 29.4 Å². The Hall–Kier alpha value is -3.02. The molecule has 1 aliphatic rings. The first-order chi connectivity index (χ1) is 10.8. The van der Waals surface area contributed by atoms with Crippen molar-refractivity contribution in [3.05, 3.63) is 58.8 Å². The van der Waals surface area contributed by atoms with Gasteiger partial charge in [-0.3, -0.25) is 4.52 Å². The molecule has 0 N–H and O–H groups in total. The maximum atomic E-state index is 11.9. The molecule has 2 aromatic carbocycles. The second kappa shape index (κ2) is 4.77. The number of nitrogens with zero attached hydrogens (tertiary/aromatic N) is 2. The van der Waals surface area contributed by atoms with E-state index in [1.165, 1.54) is 4.57 Å². The average Bonchev–Trinajstić information content (AvgIpc) is 2.96. The van der Waals surface area contributed by atoms with E-state index in [-0.39, 0.29) is 6.61 Å². The van der Waals surface area contributed by atoms with Gasteiger partial charge in [0.2, 0.25) is 0 Å². The summed E-state index contributed by atoms with van der Waals surface area (Å²) < 4.78 is 17.1. The van der Waals surface area contributed by atoms with Crippen molar-refractivity contribution >= 4 is 0 Å². The maximum absolute atomic E-state index is 11.9. The molecule has 0 aliphatic carbocycles. The summed E-state index contributed by atoms with van der Waals surface area (Å²) >= 11 is 0. The van der Waals surface area contributed by atoms with Crippen molar-refractivity contribution in [1.82, 2.24) is 9.72 Å². The summed E-state index contributed by atoms with van der Waals surface area (Å²) in [5.41, 5.74) is 2.47. The summed E-state index contributed by atoms with van der Waals surface area (Å²) in [4.78, 5) is 11.9. The van der Waals surface area contributed by atoms with Crippen LogP contribution in [0.2, 0.25) is 0 Å². The van der Waals surface area contributed by atoms with Gasteiger partial charge in [-0.15, -0.1) is 0 Å².